The number of amides is 1. The minimum absolute atomic E-state index is 0.0699. The molecule has 1 aromatic carbocycles. The van der Waals surface area contributed by atoms with Gasteiger partial charge in [-0.15, -0.1) is 0 Å². The van der Waals surface area contributed by atoms with Crippen LogP contribution in [0, 0.1) is 0 Å². The van der Waals surface area contributed by atoms with Crippen LogP contribution in [0.15, 0.2) is 18.2 Å². The van der Waals surface area contributed by atoms with E-state index in [1.165, 1.54) is 0 Å². The second-order valence-electron chi connectivity index (χ2n) is 4.42. The van der Waals surface area contributed by atoms with Crippen molar-refractivity contribution in [3.05, 3.63) is 18.2 Å². The summed E-state index contributed by atoms with van der Waals surface area (Å²) < 4.78 is 11.2. The summed E-state index contributed by atoms with van der Waals surface area (Å²) in [5.74, 6) is 1.66. The van der Waals surface area contributed by atoms with E-state index in [2.05, 4.69) is 10.6 Å². The van der Waals surface area contributed by atoms with Gasteiger partial charge in [0.25, 0.3) is 0 Å². The van der Waals surface area contributed by atoms with Crippen LogP contribution in [-0.2, 0) is 4.79 Å². The van der Waals surface area contributed by atoms with Crippen LogP contribution in [0.1, 0.15) is 19.3 Å². The number of nitrogens with one attached hydrogen (secondary N) is 2. The lowest BCUT2D eigenvalue weighted by Crippen LogP contribution is -2.18. The van der Waals surface area contributed by atoms with Crippen molar-refractivity contribution in [2.45, 2.75) is 19.3 Å². The molecule has 0 unspecified atom stereocenters. The van der Waals surface area contributed by atoms with E-state index in [0.717, 1.165) is 36.6 Å². The van der Waals surface area contributed by atoms with Gasteiger partial charge in [0.05, 0.1) is 13.2 Å². The lowest BCUT2D eigenvalue weighted by molar-refractivity contribution is -0.120. The average molecular weight is 264 g/mol. The largest absolute Gasteiger partial charge is 0.490 e. The van der Waals surface area contributed by atoms with Gasteiger partial charge in [-0.25, -0.2) is 0 Å². The van der Waals surface area contributed by atoms with Gasteiger partial charge in [0.2, 0.25) is 5.91 Å². The van der Waals surface area contributed by atoms with Gasteiger partial charge in [-0.2, -0.15) is 0 Å². The number of anilines is 1. The summed E-state index contributed by atoms with van der Waals surface area (Å²) >= 11 is 0. The quantitative estimate of drug-likeness (QED) is 0.796. The maximum absolute atomic E-state index is 11.1. The van der Waals surface area contributed by atoms with Crippen molar-refractivity contribution in [1.82, 2.24) is 5.32 Å². The Bertz CT molecular complexity index is 435. The zero-order valence-electron chi connectivity index (χ0n) is 11.2. The summed E-state index contributed by atoms with van der Waals surface area (Å²) in [5.41, 5.74) is 0.987. The Morgan fingerprint density at radius 3 is 2.84 bits per heavy atom. The molecule has 0 saturated carbocycles. The molecular formula is C14H20N2O3. The molecule has 5 heteroatoms. The maximum Gasteiger partial charge on any atom is 0.219 e. The number of hydrogen-bond acceptors (Lipinski definition) is 4. The Labute approximate surface area is 113 Å². The molecule has 1 aromatic rings. The summed E-state index contributed by atoms with van der Waals surface area (Å²) in [6.45, 7) is 2.14. The van der Waals surface area contributed by atoms with Gasteiger partial charge in [-0.3, -0.25) is 4.79 Å². The fourth-order valence-electron chi connectivity index (χ4n) is 1.88. The normalized spacial score (nSPS) is 13.5. The number of ether oxygens (including phenoxy) is 2. The molecule has 0 saturated heterocycles. The molecule has 1 aliphatic rings. The highest BCUT2D eigenvalue weighted by molar-refractivity contribution is 5.75. The molecule has 5 nitrogen and oxygen atoms in total. The summed E-state index contributed by atoms with van der Waals surface area (Å²) in [7, 11) is 1.65. The molecule has 1 heterocycles. The van der Waals surface area contributed by atoms with E-state index in [1.807, 2.05) is 18.2 Å². The van der Waals surface area contributed by atoms with Gasteiger partial charge >= 0.3 is 0 Å². The van der Waals surface area contributed by atoms with Gasteiger partial charge in [0.1, 0.15) is 0 Å². The summed E-state index contributed by atoms with van der Waals surface area (Å²) in [5, 5.41) is 5.89. The topological polar surface area (TPSA) is 59.6 Å². The number of carbonyl (C=O) groups excluding carboxylic acids is 1. The number of fused-ring (bicyclic) bond motifs is 1. The second-order valence-corrected chi connectivity index (χ2v) is 4.42. The smallest absolute Gasteiger partial charge is 0.219 e. The highest BCUT2D eigenvalue weighted by atomic mass is 16.5. The first-order chi connectivity index (χ1) is 9.29. The van der Waals surface area contributed by atoms with Gasteiger partial charge in [0, 0.05) is 38.2 Å². The Hall–Kier alpha value is -1.91. The van der Waals surface area contributed by atoms with E-state index in [4.69, 9.17) is 9.47 Å². The van der Waals surface area contributed by atoms with Crippen molar-refractivity contribution in [2.24, 2.45) is 0 Å². The van der Waals surface area contributed by atoms with Gasteiger partial charge in [0.15, 0.2) is 11.5 Å². The minimum atomic E-state index is 0.0699. The van der Waals surface area contributed by atoms with E-state index < -0.39 is 0 Å². The highest BCUT2D eigenvalue weighted by Crippen LogP contribution is 2.32. The van der Waals surface area contributed by atoms with Gasteiger partial charge in [-0.1, -0.05) is 0 Å². The first-order valence-electron chi connectivity index (χ1n) is 6.63. The molecule has 0 aliphatic carbocycles. The van der Waals surface area contributed by atoms with Crippen LogP contribution in [0.5, 0.6) is 11.5 Å². The SMILES string of the molecule is CNC(=O)CCCNc1ccc2c(c1)OCCCO2. The monoisotopic (exact) mass is 264 g/mol. The zero-order valence-corrected chi connectivity index (χ0v) is 11.2. The van der Waals surface area contributed by atoms with Crippen LogP contribution < -0.4 is 20.1 Å². The van der Waals surface area contributed by atoms with E-state index in [9.17, 15) is 4.79 Å². The fraction of sp³-hybridized carbons (Fsp3) is 0.500. The van der Waals surface area contributed by atoms with E-state index in [1.54, 1.807) is 7.05 Å². The lowest BCUT2D eigenvalue weighted by atomic mass is 10.2. The number of benzene rings is 1. The van der Waals surface area contributed by atoms with Crippen molar-refractivity contribution in [1.29, 1.82) is 0 Å². The van der Waals surface area contributed by atoms with E-state index in [-0.39, 0.29) is 5.91 Å². The Kier molecular flexibility index (Phi) is 4.89. The van der Waals surface area contributed by atoms with Crippen LogP contribution in [0.2, 0.25) is 0 Å². The van der Waals surface area contributed by atoms with Crippen LogP contribution in [0.25, 0.3) is 0 Å². The van der Waals surface area contributed by atoms with Crippen molar-refractivity contribution in [2.75, 3.05) is 32.1 Å². The molecule has 0 atom stereocenters. The molecule has 1 amide bonds. The van der Waals surface area contributed by atoms with Crippen molar-refractivity contribution >= 4 is 11.6 Å². The highest BCUT2D eigenvalue weighted by Gasteiger charge is 2.10. The first-order valence-corrected chi connectivity index (χ1v) is 6.63. The van der Waals surface area contributed by atoms with Gasteiger partial charge in [-0.05, 0) is 18.6 Å². The summed E-state index contributed by atoms with van der Waals surface area (Å²) in [4.78, 5) is 11.1. The average Bonchev–Trinajstić information content (AvgIpc) is 2.68. The van der Waals surface area contributed by atoms with Crippen molar-refractivity contribution < 1.29 is 14.3 Å². The Morgan fingerprint density at radius 2 is 2.05 bits per heavy atom. The number of carbonyl (C=O) groups is 1. The Balaban J connectivity index is 1.84. The molecule has 0 aromatic heterocycles. The molecule has 2 rings (SSSR count). The predicted octanol–water partition coefficient (Wildman–Crippen LogP) is 1.79. The lowest BCUT2D eigenvalue weighted by Gasteiger charge is -2.11. The third-order valence-electron chi connectivity index (χ3n) is 2.94. The van der Waals surface area contributed by atoms with Crippen molar-refractivity contribution in [3.63, 3.8) is 0 Å². The molecule has 0 fully saturated rings. The third kappa shape index (κ3) is 4.05. The molecule has 19 heavy (non-hydrogen) atoms. The summed E-state index contributed by atoms with van der Waals surface area (Å²) in [6, 6.07) is 5.83. The van der Waals surface area contributed by atoms with Crippen LogP contribution in [-0.4, -0.2) is 32.7 Å². The molecule has 1 aliphatic heterocycles. The minimum Gasteiger partial charge on any atom is -0.490 e. The number of rotatable bonds is 5. The van der Waals surface area contributed by atoms with Crippen LogP contribution >= 0.6 is 0 Å². The third-order valence-corrected chi connectivity index (χ3v) is 2.94. The molecule has 0 spiro atoms. The number of hydrogen-bond donors (Lipinski definition) is 2. The molecule has 2 N–H and O–H groups in total. The predicted molar refractivity (Wildman–Crippen MR) is 73.8 cm³/mol. The van der Waals surface area contributed by atoms with Crippen molar-refractivity contribution in [3.8, 4) is 11.5 Å². The maximum atomic E-state index is 11.1. The molecule has 0 radical (unpaired) electrons. The molecule has 104 valence electrons. The first kappa shape index (κ1) is 13.5. The standard InChI is InChI=1S/C14H20N2O3/c1-15-14(17)4-2-7-16-11-5-6-12-13(10-11)19-9-3-8-18-12/h5-6,10,16H,2-4,7-9H2,1H3,(H,15,17). The Morgan fingerprint density at radius 1 is 1.26 bits per heavy atom. The fourth-order valence-corrected chi connectivity index (χ4v) is 1.88. The van der Waals surface area contributed by atoms with E-state index >= 15 is 0 Å². The zero-order chi connectivity index (χ0) is 13.5. The van der Waals surface area contributed by atoms with E-state index in [0.29, 0.717) is 19.6 Å². The summed E-state index contributed by atoms with van der Waals surface area (Å²) in [6.07, 6.45) is 2.24. The second kappa shape index (κ2) is 6.87. The van der Waals surface area contributed by atoms with Crippen LogP contribution in [0.4, 0.5) is 5.69 Å². The van der Waals surface area contributed by atoms with Crippen LogP contribution in [0.3, 0.4) is 0 Å². The van der Waals surface area contributed by atoms with Gasteiger partial charge < -0.3 is 20.1 Å². The molecular weight excluding hydrogens is 244 g/mol. The molecule has 0 bridgehead atoms.